The summed E-state index contributed by atoms with van der Waals surface area (Å²) < 4.78 is 10.6. The maximum absolute atomic E-state index is 11.0. The van der Waals surface area contributed by atoms with Crippen molar-refractivity contribution in [2.75, 3.05) is 18.6 Å². The molecule has 13 heavy (non-hydrogen) atoms. The van der Waals surface area contributed by atoms with Crippen LogP contribution in [0.2, 0.25) is 0 Å². The molecular formula is C8H17NO3S. The van der Waals surface area contributed by atoms with Gasteiger partial charge in [0.05, 0.1) is 6.10 Å². The van der Waals surface area contributed by atoms with Crippen molar-refractivity contribution in [2.24, 2.45) is 0 Å². The van der Waals surface area contributed by atoms with Crippen molar-refractivity contribution < 1.29 is 14.1 Å². The lowest BCUT2D eigenvalue weighted by molar-refractivity contribution is -0.121. The Balaban J connectivity index is 3.35. The zero-order valence-corrected chi connectivity index (χ0v) is 8.89. The molecule has 2 unspecified atom stereocenters. The maximum Gasteiger partial charge on any atom is 0.220 e. The molecule has 0 bridgehead atoms. The lowest BCUT2D eigenvalue weighted by atomic mass is 10.2. The van der Waals surface area contributed by atoms with E-state index in [1.54, 1.807) is 13.2 Å². The third kappa shape index (κ3) is 9.49. The molecule has 0 radical (unpaired) electrons. The van der Waals surface area contributed by atoms with Gasteiger partial charge in [-0.2, -0.15) is 0 Å². The van der Waals surface area contributed by atoms with E-state index in [0.29, 0.717) is 25.1 Å². The Morgan fingerprint density at radius 2 is 2.23 bits per heavy atom. The Morgan fingerprint density at radius 3 is 2.69 bits per heavy atom. The SMILES string of the molecule is CC(O)CCC(=O)NCCS(C)=O. The van der Waals surface area contributed by atoms with Gasteiger partial charge in [-0.15, -0.1) is 0 Å². The van der Waals surface area contributed by atoms with Gasteiger partial charge < -0.3 is 10.4 Å². The zero-order chi connectivity index (χ0) is 10.3. The number of aliphatic hydroxyl groups is 1. The summed E-state index contributed by atoms with van der Waals surface area (Å²) in [5, 5.41) is 11.5. The van der Waals surface area contributed by atoms with Gasteiger partial charge in [-0.3, -0.25) is 9.00 Å². The minimum atomic E-state index is -0.859. The highest BCUT2D eigenvalue weighted by Crippen LogP contribution is 1.94. The minimum Gasteiger partial charge on any atom is -0.393 e. The number of amides is 1. The molecule has 2 N–H and O–H groups in total. The Labute approximate surface area is 81.2 Å². The van der Waals surface area contributed by atoms with Crippen LogP contribution in [0.1, 0.15) is 19.8 Å². The normalized spacial score (nSPS) is 15.0. The van der Waals surface area contributed by atoms with Crippen LogP contribution in [0, 0.1) is 0 Å². The molecule has 4 nitrogen and oxygen atoms in total. The first kappa shape index (κ1) is 12.6. The Morgan fingerprint density at radius 1 is 1.62 bits per heavy atom. The average Bonchev–Trinajstić information content (AvgIpc) is 2.00. The molecular weight excluding hydrogens is 190 g/mol. The van der Waals surface area contributed by atoms with Crippen LogP contribution in [0.3, 0.4) is 0 Å². The van der Waals surface area contributed by atoms with Gasteiger partial charge in [-0.25, -0.2) is 0 Å². The van der Waals surface area contributed by atoms with E-state index in [-0.39, 0.29) is 5.91 Å². The van der Waals surface area contributed by atoms with Crippen molar-refractivity contribution in [2.45, 2.75) is 25.9 Å². The highest BCUT2D eigenvalue weighted by Gasteiger charge is 2.03. The minimum absolute atomic E-state index is 0.0913. The number of carbonyl (C=O) groups is 1. The van der Waals surface area contributed by atoms with E-state index in [0.717, 1.165) is 0 Å². The molecule has 0 aliphatic heterocycles. The van der Waals surface area contributed by atoms with Crippen LogP contribution in [0.15, 0.2) is 0 Å². The molecule has 0 aliphatic rings. The molecule has 0 saturated carbocycles. The number of rotatable bonds is 6. The molecule has 0 heterocycles. The van der Waals surface area contributed by atoms with Gasteiger partial charge in [0, 0.05) is 35.8 Å². The van der Waals surface area contributed by atoms with Crippen molar-refractivity contribution in [1.29, 1.82) is 0 Å². The largest absolute Gasteiger partial charge is 0.393 e. The van der Waals surface area contributed by atoms with Gasteiger partial charge in [0.1, 0.15) is 0 Å². The number of hydrogen-bond donors (Lipinski definition) is 2. The van der Waals surface area contributed by atoms with Crippen molar-refractivity contribution in [3.63, 3.8) is 0 Å². The highest BCUT2D eigenvalue weighted by molar-refractivity contribution is 7.84. The second-order valence-corrected chi connectivity index (χ2v) is 4.57. The number of aliphatic hydroxyl groups excluding tert-OH is 1. The molecule has 5 heteroatoms. The Hall–Kier alpha value is -0.420. The summed E-state index contributed by atoms with van der Waals surface area (Å²) in [4.78, 5) is 11.0. The third-order valence-corrected chi connectivity index (χ3v) is 2.28. The van der Waals surface area contributed by atoms with E-state index in [1.807, 2.05) is 0 Å². The second-order valence-electron chi connectivity index (χ2n) is 3.01. The third-order valence-electron chi connectivity index (χ3n) is 1.50. The van der Waals surface area contributed by atoms with Crippen LogP contribution in [0.25, 0.3) is 0 Å². The second kappa shape index (κ2) is 7.03. The molecule has 0 spiro atoms. The van der Waals surface area contributed by atoms with Gasteiger partial charge in [-0.05, 0) is 13.3 Å². The Kier molecular flexibility index (Phi) is 6.80. The quantitative estimate of drug-likeness (QED) is 0.625. The number of hydrogen-bond acceptors (Lipinski definition) is 3. The van der Waals surface area contributed by atoms with Crippen LogP contribution in [-0.4, -0.2) is 39.9 Å². The van der Waals surface area contributed by atoms with Crippen molar-refractivity contribution in [1.82, 2.24) is 5.32 Å². The fraction of sp³-hybridized carbons (Fsp3) is 0.875. The summed E-state index contributed by atoms with van der Waals surface area (Å²) in [6.45, 7) is 2.09. The van der Waals surface area contributed by atoms with Gasteiger partial charge in [-0.1, -0.05) is 0 Å². The summed E-state index contributed by atoms with van der Waals surface area (Å²) in [5.74, 6) is 0.395. The molecule has 0 aromatic heterocycles. The first-order chi connectivity index (χ1) is 6.02. The summed E-state index contributed by atoms with van der Waals surface area (Å²) in [5.41, 5.74) is 0. The summed E-state index contributed by atoms with van der Waals surface area (Å²) in [6, 6.07) is 0. The molecule has 2 atom stereocenters. The predicted octanol–water partition coefficient (Wildman–Crippen LogP) is -0.358. The molecule has 0 rings (SSSR count). The highest BCUT2D eigenvalue weighted by atomic mass is 32.2. The lowest BCUT2D eigenvalue weighted by Gasteiger charge is -2.05. The van der Waals surface area contributed by atoms with E-state index in [2.05, 4.69) is 5.32 Å². The monoisotopic (exact) mass is 207 g/mol. The molecule has 0 aromatic rings. The first-order valence-electron chi connectivity index (χ1n) is 4.27. The maximum atomic E-state index is 11.0. The van der Waals surface area contributed by atoms with Crippen LogP contribution in [0.5, 0.6) is 0 Å². The van der Waals surface area contributed by atoms with Gasteiger partial charge in [0.15, 0.2) is 0 Å². The lowest BCUT2D eigenvalue weighted by Crippen LogP contribution is -2.27. The van der Waals surface area contributed by atoms with Crippen LogP contribution >= 0.6 is 0 Å². The van der Waals surface area contributed by atoms with Crippen LogP contribution in [-0.2, 0) is 15.6 Å². The van der Waals surface area contributed by atoms with E-state index in [9.17, 15) is 9.00 Å². The average molecular weight is 207 g/mol. The summed E-state index contributed by atoms with van der Waals surface area (Å²) in [6.07, 6.45) is 1.96. The molecule has 1 amide bonds. The van der Waals surface area contributed by atoms with Crippen molar-refractivity contribution >= 4 is 16.7 Å². The molecule has 0 saturated heterocycles. The van der Waals surface area contributed by atoms with E-state index in [4.69, 9.17) is 5.11 Å². The summed E-state index contributed by atoms with van der Waals surface area (Å²) in [7, 11) is -0.859. The van der Waals surface area contributed by atoms with Crippen molar-refractivity contribution in [3.05, 3.63) is 0 Å². The van der Waals surface area contributed by atoms with E-state index < -0.39 is 16.9 Å². The van der Waals surface area contributed by atoms with Gasteiger partial charge in [0.2, 0.25) is 5.91 Å². The van der Waals surface area contributed by atoms with Crippen LogP contribution < -0.4 is 5.32 Å². The standard InChI is InChI=1S/C8H17NO3S/c1-7(10)3-4-8(11)9-5-6-13(2)12/h7,10H,3-6H2,1-2H3,(H,9,11). The first-order valence-corrected chi connectivity index (χ1v) is 6.00. The smallest absolute Gasteiger partial charge is 0.220 e. The van der Waals surface area contributed by atoms with Gasteiger partial charge >= 0.3 is 0 Å². The van der Waals surface area contributed by atoms with E-state index >= 15 is 0 Å². The molecule has 0 aromatic carbocycles. The van der Waals surface area contributed by atoms with Crippen molar-refractivity contribution in [3.8, 4) is 0 Å². The zero-order valence-electron chi connectivity index (χ0n) is 8.08. The Bertz CT molecular complexity index is 182. The summed E-state index contributed by atoms with van der Waals surface area (Å²) >= 11 is 0. The van der Waals surface area contributed by atoms with Gasteiger partial charge in [0.25, 0.3) is 0 Å². The predicted molar refractivity (Wildman–Crippen MR) is 52.9 cm³/mol. The van der Waals surface area contributed by atoms with E-state index in [1.165, 1.54) is 0 Å². The van der Waals surface area contributed by atoms with Crippen LogP contribution in [0.4, 0.5) is 0 Å². The number of carbonyl (C=O) groups excluding carboxylic acids is 1. The fourth-order valence-corrected chi connectivity index (χ4v) is 1.15. The topological polar surface area (TPSA) is 66.4 Å². The number of nitrogens with one attached hydrogen (secondary N) is 1. The molecule has 0 fully saturated rings. The fourth-order valence-electron chi connectivity index (χ4n) is 0.763. The molecule has 78 valence electrons. The molecule has 0 aliphatic carbocycles.